The summed E-state index contributed by atoms with van der Waals surface area (Å²) in [6.45, 7) is 2.33. The van der Waals surface area contributed by atoms with E-state index in [0.717, 1.165) is 19.4 Å². The van der Waals surface area contributed by atoms with Crippen LogP contribution in [0.3, 0.4) is 0 Å². The van der Waals surface area contributed by atoms with Crippen LogP contribution in [0.15, 0.2) is 23.1 Å². The summed E-state index contributed by atoms with van der Waals surface area (Å²) >= 11 is 5.99. The summed E-state index contributed by atoms with van der Waals surface area (Å²) in [6.07, 6.45) is 2.27. The van der Waals surface area contributed by atoms with Gasteiger partial charge in [-0.1, -0.05) is 11.6 Å². The number of nitrogens with two attached hydrogens (primary N) is 1. The molecule has 0 aliphatic carbocycles. The number of rotatable bonds is 8. The molecule has 0 radical (unpaired) electrons. The van der Waals surface area contributed by atoms with E-state index in [1.165, 1.54) is 25.3 Å². The van der Waals surface area contributed by atoms with Crippen molar-refractivity contribution in [1.82, 2.24) is 9.62 Å². The number of hydrogen-bond acceptors (Lipinski definition) is 6. The second-order valence-electron chi connectivity index (χ2n) is 6.43. The second kappa shape index (κ2) is 9.50. The maximum Gasteiger partial charge on any atom is 0.337 e. The number of halogens is 1. The largest absolute Gasteiger partial charge is 0.465 e. The van der Waals surface area contributed by atoms with E-state index < -0.39 is 16.0 Å². The third-order valence-corrected chi connectivity index (χ3v) is 6.44. The molecule has 1 atom stereocenters. The Labute approximate surface area is 164 Å². The summed E-state index contributed by atoms with van der Waals surface area (Å²) < 4.78 is 32.1. The number of sulfonamides is 1. The number of benzene rings is 1. The van der Waals surface area contributed by atoms with Crippen molar-refractivity contribution in [3.8, 4) is 0 Å². The number of carbonyl (C=O) groups is 2. The minimum atomic E-state index is -3.86. The normalized spacial score (nSPS) is 18.2. The zero-order chi connectivity index (χ0) is 20.0. The predicted octanol–water partition coefficient (Wildman–Crippen LogP) is 0.992. The topological polar surface area (TPSA) is 119 Å². The lowest BCUT2D eigenvalue weighted by atomic mass is 9.97. The molecule has 3 N–H and O–H groups in total. The monoisotopic (exact) mass is 417 g/mol. The third-order valence-electron chi connectivity index (χ3n) is 4.49. The lowest BCUT2D eigenvalue weighted by molar-refractivity contribution is -0.123. The average molecular weight is 418 g/mol. The molecule has 27 heavy (non-hydrogen) atoms. The molecule has 1 heterocycles. The number of primary amides is 1. The van der Waals surface area contributed by atoms with Gasteiger partial charge in [-0.25, -0.2) is 17.9 Å². The summed E-state index contributed by atoms with van der Waals surface area (Å²) in [4.78, 5) is 24.8. The van der Waals surface area contributed by atoms with E-state index in [1.54, 1.807) is 0 Å². The Hall–Kier alpha value is -1.68. The van der Waals surface area contributed by atoms with Crippen molar-refractivity contribution < 1.29 is 22.7 Å². The molecule has 0 bridgehead atoms. The molecule has 1 saturated heterocycles. The van der Waals surface area contributed by atoms with Crippen LogP contribution >= 0.6 is 11.6 Å². The van der Waals surface area contributed by atoms with E-state index in [2.05, 4.69) is 14.4 Å². The van der Waals surface area contributed by atoms with Crippen LogP contribution in [-0.2, 0) is 19.6 Å². The first-order valence-corrected chi connectivity index (χ1v) is 10.5. The summed E-state index contributed by atoms with van der Waals surface area (Å²) in [5, 5.41) is 0.0236. The van der Waals surface area contributed by atoms with Crippen molar-refractivity contribution in [2.75, 3.05) is 33.3 Å². The van der Waals surface area contributed by atoms with Crippen LogP contribution in [0.2, 0.25) is 5.02 Å². The van der Waals surface area contributed by atoms with Crippen LogP contribution in [0.5, 0.6) is 0 Å². The van der Waals surface area contributed by atoms with Crippen molar-refractivity contribution >= 4 is 33.5 Å². The maximum absolute atomic E-state index is 12.5. The van der Waals surface area contributed by atoms with Gasteiger partial charge in [-0.3, -0.25) is 4.79 Å². The Morgan fingerprint density at radius 2 is 2.15 bits per heavy atom. The fourth-order valence-corrected chi connectivity index (χ4v) is 4.63. The van der Waals surface area contributed by atoms with Gasteiger partial charge in [0.25, 0.3) is 0 Å². The first-order chi connectivity index (χ1) is 12.7. The van der Waals surface area contributed by atoms with E-state index in [9.17, 15) is 18.0 Å². The number of hydrogen-bond donors (Lipinski definition) is 2. The zero-order valence-electron chi connectivity index (χ0n) is 15.1. The van der Waals surface area contributed by atoms with Crippen molar-refractivity contribution in [3.05, 3.63) is 28.8 Å². The van der Waals surface area contributed by atoms with Gasteiger partial charge in [-0.2, -0.15) is 0 Å². The van der Waals surface area contributed by atoms with Gasteiger partial charge in [0.1, 0.15) is 4.90 Å². The molecule has 2 rings (SSSR count). The van der Waals surface area contributed by atoms with Gasteiger partial charge in [0, 0.05) is 13.1 Å². The van der Waals surface area contributed by atoms with Crippen LogP contribution in [0, 0.1) is 5.92 Å². The second-order valence-corrected chi connectivity index (χ2v) is 8.57. The minimum absolute atomic E-state index is 0.0236. The average Bonchev–Trinajstić information content (AvgIpc) is 2.65. The maximum atomic E-state index is 12.5. The Kier molecular flexibility index (Phi) is 7.60. The first-order valence-electron chi connectivity index (χ1n) is 8.64. The van der Waals surface area contributed by atoms with E-state index in [4.69, 9.17) is 17.3 Å². The minimum Gasteiger partial charge on any atom is -0.465 e. The molecule has 1 aromatic carbocycles. The molecule has 0 aromatic heterocycles. The number of carbonyl (C=O) groups excluding carboxylic acids is 2. The summed E-state index contributed by atoms with van der Waals surface area (Å²) in [7, 11) is -2.65. The first kappa shape index (κ1) is 21.6. The summed E-state index contributed by atoms with van der Waals surface area (Å²) in [5.41, 5.74) is 5.47. The van der Waals surface area contributed by atoms with Crippen molar-refractivity contribution in [1.29, 1.82) is 0 Å². The van der Waals surface area contributed by atoms with Gasteiger partial charge in [0.05, 0.1) is 23.6 Å². The van der Waals surface area contributed by atoms with Gasteiger partial charge >= 0.3 is 5.97 Å². The highest BCUT2D eigenvalue weighted by Crippen LogP contribution is 2.23. The SMILES string of the molecule is COC(=O)c1ccc(Cl)c(S(=O)(=O)NCCCN2CCC[C@H](C(N)=O)C2)c1. The lowest BCUT2D eigenvalue weighted by Crippen LogP contribution is -2.42. The van der Waals surface area contributed by atoms with Crippen molar-refractivity contribution in [2.24, 2.45) is 11.7 Å². The molecule has 0 unspecified atom stereocenters. The molecule has 8 nitrogen and oxygen atoms in total. The van der Waals surface area contributed by atoms with E-state index in [1.807, 2.05) is 0 Å². The van der Waals surface area contributed by atoms with E-state index in [-0.39, 0.29) is 33.9 Å². The fourth-order valence-electron chi connectivity index (χ4n) is 3.03. The van der Waals surface area contributed by atoms with Crippen LogP contribution in [-0.4, -0.2) is 58.5 Å². The van der Waals surface area contributed by atoms with Gasteiger partial charge in [-0.15, -0.1) is 0 Å². The quantitative estimate of drug-likeness (QED) is 0.481. The summed E-state index contributed by atoms with van der Waals surface area (Å²) in [6, 6.07) is 3.94. The Morgan fingerprint density at radius 1 is 1.41 bits per heavy atom. The smallest absolute Gasteiger partial charge is 0.337 e. The van der Waals surface area contributed by atoms with E-state index in [0.29, 0.717) is 19.5 Å². The van der Waals surface area contributed by atoms with Gasteiger partial charge in [0.2, 0.25) is 15.9 Å². The molecule has 1 amide bonds. The molecule has 0 saturated carbocycles. The Balaban J connectivity index is 1.91. The van der Waals surface area contributed by atoms with Crippen molar-refractivity contribution in [3.63, 3.8) is 0 Å². The number of nitrogens with one attached hydrogen (secondary N) is 1. The Bertz CT molecular complexity index is 800. The van der Waals surface area contributed by atoms with Gasteiger partial charge in [-0.05, 0) is 50.6 Å². The number of amides is 1. The highest BCUT2D eigenvalue weighted by atomic mass is 35.5. The van der Waals surface area contributed by atoms with E-state index >= 15 is 0 Å². The van der Waals surface area contributed by atoms with Gasteiger partial charge < -0.3 is 15.4 Å². The molecular formula is C17H24ClN3O5S. The van der Waals surface area contributed by atoms with Crippen LogP contribution < -0.4 is 10.5 Å². The van der Waals surface area contributed by atoms with Gasteiger partial charge in [0.15, 0.2) is 0 Å². The Morgan fingerprint density at radius 3 is 2.81 bits per heavy atom. The third kappa shape index (κ3) is 5.90. The van der Waals surface area contributed by atoms with Crippen LogP contribution in [0.1, 0.15) is 29.6 Å². The number of nitrogens with zero attached hydrogens (tertiary/aromatic N) is 1. The highest BCUT2D eigenvalue weighted by Gasteiger charge is 2.24. The number of likely N-dealkylation sites (tertiary alicyclic amines) is 1. The number of methoxy groups -OCH3 is 1. The van der Waals surface area contributed by atoms with Crippen molar-refractivity contribution in [2.45, 2.75) is 24.2 Å². The zero-order valence-corrected chi connectivity index (χ0v) is 16.7. The van der Waals surface area contributed by atoms with Crippen LogP contribution in [0.25, 0.3) is 0 Å². The molecular weight excluding hydrogens is 394 g/mol. The predicted molar refractivity (Wildman–Crippen MR) is 101 cm³/mol. The molecule has 1 fully saturated rings. The number of ether oxygens (including phenoxy) is 1. The standard InChI is InChI=1S/C17H24ClN3O5S/c1-26-17(23)12-5-6-14(18)15(10-12)27(24,25)20-7-3-9-21-8-2-4-13(11-21)16(19)22/h5-6,10,13,20H,2-4,7-9,11H2,1H3,(H2,19,22)/t13-/m0/s1. The molecule has 1 aliphatic rings. The fraction of sp³-hybridized carbons (Fsp3) is 0.529. The highest BCUT2D eigenvalue weighted by molar-refractivity contribution is 7.89. The van der Waals surface area contributed by atoms with Crippen LogP contribution in [0.4, 0.5) is 0 Å². The molecule has 1 aromatic rings. The summed E-state index contributed by atoms with van der Waals surface area (Å²) in [5.74, 6) is -1.08. The molecule has 150 valence electrons. The molecule has 0 spiro atoms. The lowest BCUT2D eigenvalue weighted by Gasteiger charge is -2.31. The molecule has 10 heteroatoms. The number of piperidine rings is 1. The number of esters is 1. The molecule has 1 aliphatic heterocycles.